The monoisotopic (exact) mass is 588 g/mol. The van der Waals surface area contributed by atoms with Crippen molar-refractivity contribution in [3.63, 3.8) is 0 Å². The fraction of sp³-hybridized carbons (Fsp3) is 0.188. The second-order valence-corrected chi connectivity index (χ2v) is 10.7. The van der Waals surface area contributed by atoms with Gasteiger partial charge in [0, 0.05) is 29.8 Å². The lowest BCUT2D eigenvalue weighted by Crippen LogP contribution is -2.22. The molecule has 2 N–H and O–H groups in total. The van der Waals surface area contributed by atoms with Gasteiger partial charge in [0.25, 0.3) is 0 Å². The number of aromatic nitrogens is 2. The van der Waals surface area contributed by atoms with E-state index < -0.39 is 0 Å². The Hall–Kier alpha value is -3.85. The van der Waals surface area contributed by atoms with E-state index in [1.165, 1.54) is 12.1 Å². The fourth-order valence-electron chi connectivity index (χ4n) is 4.42. The molecule has 0 saturated carbocycles. The van der Waals surface area contributed by atoms with Crippen LogP contribution >= 0.6 is 23.4 Å². The Bertz CT molecular complexity index is 1640. The maximum absolute atomic E-state index is 13.4. The summed E-state index contributed by atoms with van der Waals surface area (Å²) < 4.78 is 25.5. The van der Waals surface area contributed by atoms with Crippen molar-refractivity contribution in [2.24, 2.45) is 0 Å². The highest BCUT2D eigenvalue weighted by Gasteiger charge is 2.16. The third-order valence-electron chi connectivity index (χ3n) is 6.47. The summed E-state index contributed by atoms with van der Waals surface area (Å²) in [6, 6.07) is 22.0. The molecule has 41 heavy (non-hydrogen) atoms. The minimum Gasteiger partial charge on any atom is -0.487 e. The van der Waals surface area contributed by atoms with Crippen LogP contribution in [0.1, 0.15) is 22.9 Å². The first-order valence-corrected chi connectivity index (χ1v) is 14.9. The Labute approximate surface area is 248 Å². The molecular weight excluding hydrogens is 559 g/mol. The summed E-state index contributed by atoms with van der Waals surface area (Å²) in [6.45, 7) is 5.23. The number of anilines is 1. The van der Waals surface area contributed by atoms with Crippen molar-refractivity contribution in [2.45, 2.75) is 19.2 Å². The standard InChI is InChI=1S/C32H30ClFN4O2S/c1-3-13-35-28(19-41-2)31-12-11-29(40-31)23-8-9-27-25(16-23)32(38-20-37-27)36-17-21-7-10-30(26(33)15-21)39-18-22-5-4-6-24(34)14-22/h3-12,14-16,20,28,35H,1,13,17-19H2,2H3,(H,36,37,38). The van der Waals surface area contributed by atoms with Gasteiger partial charge in [-0.05, 0) is 72.0 Å². The summed E-state index contributed by atoms with van der Waals surface area (Å²) in [4.78, 5) is 8.93. The molecule has 1 unspecified atom stereocenters. The molecule has 2 aromatic heterocycles. The lowest BCUT2D eigenvalue weighted by Gasteiger charge is -2.14. The Morgan fingerprint density at radius 1 is 1.07 bits per heavy atom. The Balaban J connectivity index is 1.29. The third kappa shape index (κ3) is 7.27. The number of hydrogen-bond acceptors (Lipinski definition) is 7. The van der Waals surface area contributed by atoms with Gasteiger partial charge in [0.15, 0.2) is 0 Å². The molecule has 5 rings (SSSR count). The number of hydrogen-bond donors (Lipinski definition) is 2. The molecule has 1 atom stereocenters. The summed E-state index contributed by atoms with van der Waals surface area (Å²) in [6.07, 6.45) is 5.47. The zero-order chi connectivity index (χ0) is 28.6. The normalized spacial score (nSPS) is 11.9. The van der Waals surface area contributed by atoms with Gasteiger partial charge in [-0.3, -0.25) is 0 Å². The maximum atomic E-state index is 13.4. The van der Waals surface area contributed by atoms with Crippen LogP contribution in [0.15, 0.2) is 96.2 Å². The maximum Gasteiger partial charge on any atom is 0.138 e. The van der Waals surface area contributed by atoms with Crippen LogP contribution in [0.3, 0.4) is 0 Å². The van der Waals surface area contributed by atoms with E-state index in [4.69, 9.17) is 20.8 Å². The summed E-state index contributed by atoms with van der Waals surface area (Å²) in [7, 11) is 0. The number of halogens is 2. The van der Waals surface area contributed by atoms with E-state index in [1.807, 2.05) is 54.6 Å². The molecule has 0 aliphatic rings. The zero-order valence-electron chi connectivity index (χ0n) is 22.6. The second kappa shape index (κ2) is 13.7. The Morgan fingerprint density at radius 3 is 2.78 bits per heavy atom. The van der Waals surface area contributed by atoms with Gasteiger partial charge in [-0.25, -0.2) is 14.4 Å². The highest BCUT2D eigenvalue weighted by Crippen LogP contribution is 2.31. The van der Waals surface area contributed by atoms with E-state index in [0.717, 1.165) is 44.9 Å². The second-order valence-electron chi connectivity index (χ2n) is 9.40. The Kier molecular flexibility index (Phi) is 9.56. The lowest BCUT2D eigenvalue weighted by atomic mass is 10.1. The van der Waals surface area contributed by atoms with Crippen molar-refractivity contribution < 1.29 is 13.5 Å². The number of rotatable bonds is 13. The molecule has 9 heteroatoms. The van der Waals surface area contributed by atoms with E-state index >= 15 is 0 Å². The molecule has 210 valence electrons. The van der Waals surface area contributed by atoms with E-state index in [0.29, 0.717) is 29.7 Å². The number of furan rings is 1. The van der Waals surface area contributed by atoms with E-state index in [1.54, 1.807) is 30.2 Å². The van der Waals surface area contributed by atoms with Crippen LogP contribution in [0.5, 0.6) is 5.75 Å². The topological polar surface area (TPSA) is 72.2 Å². The average Bonchev–Trinajstić information content (AvgIpc) is 3.48. The van der Waals surface area contributed by atoms with Crippen LogP contribution in [0, 0.1) is 5.82 Å². The highest BCUT2D eigenvalue weighted by atomic mass is 35.5. The van der Waals surface area contributed by atoms with Crippen LogP contribution in [-0.4, -0.2) is 28.5 Å². The molecule has 0 aliphatic heterocycles. The van der Waals surface area contributed by atoms with Crippen molar-refractivity contribution in [2.75, 3.05) is 23.9 Å². The molecule has 0 aliphatic carbocycles. The highest BCUT2D eigenvalue weighted by molar-refractivity contribution is 7.98. The molecule has 0 fully saturated rings. The van der Waals surface area contributed by atoms with Crippen molar-refractivity contribution in [3.05, 3.63) is 120 Å². The molecule has 0 bridgehead atoms. The predicted molar refractivity (Wildman–Crippen MR) is 166 cm³/mol. The lowest BCUT2D eigenvalue weighted by molar-refractivity contribution is 0.305. The number of benzene rings is 3. The van der Waals surface area contributed by atoms with E-state index in [2.05, 4.69) is 33.4 Å². The van der Waals surface area contributed by atoms with Gasteiger partial charge < -0.3 is 19.8 Å². The molecule has 3 aromatic carbocycles. The SMILES string of the molecule is C=CCNC(CSC)c1ccc(-c2ccc3ncnc(NCc4ccc(OCc5cccc(F)c5)c(Cl)c4)c3c2)o1. The third-order valence-corrected chi connectivity index (χ3v) is 7.43. The van der Waals surface area contributed by atoms with Gasteiger partial charge in [-0.1, -0.05) is 35.9 Å². The molecule has 0 spiro atoms. The van der Waals surface area contributed by atoms with Crippen molar-refractivity contribution in [3.8, 4) is 17.1 Å². The number of fused-ring (bicyclic) bond motifs is 1. The number of nitrogens with one attached hydrogen (secondary N) is 2. The first kappa shape index (κ1) is 28.7. The number of ether oxygens (including phenoxy) is 1. The number of nitrogens with zero attached hydrogens (tertiary/aromatic N) is 2. The number of thioether (sulfide) groups is 1. The van der Waals surface area contributed by atoms with Crippen LogP contribution < -0.4 is 15.4 Å². The molecule has 5 aromatic rings. The van der Waals surface area contributed by atoms with Crippen LogP contribution in [0.2, 0.25) is 5.02 Å². The van der Waals surface area contributed by atoms with Gasteiger partial charge in [-0.2, -0.15) is 11.8 Å². The summed E-state index contributed by atoms with van der Waals surface area (Å²) >= 11 is 8.25. The minimum absolute atomic E-state index is 0.0997. The van der Waals surface area contributed by atoms with Crippen molar-refractivity contribution in [1.82, 2.24) is 15.3 Å². The van der Waals surface area contributed by atoms with Crippen LogP contribution in [0.25, 0.3) is 22.2 Å². The largest absolute Gasteiger partial charge is 0.487 e. The average molecular weight is 589 g/mol. The van der Waals surface area contributed by atoms with Crippen LogP contribution in [0.4, 0.5) is 10.2 Å². The summed E-state index contributed by atoms with van der Waals surface area (Å²) in [5.41, 5.74) is 3.46. The predicted octanol–water partition coefficient (Wildman–Crippen LogP) is 8.05. The van der Waals surface area contributed by atoms with Crippen molar-refractivity contribution in [1.29, 1.82) is 0 Å². The Morgan fingerprint density at radius 2 is 1.98 bits per heavy atom. The molecule has 2 heterocycles. The van der Waals surface area contributed by atoms with E-state index in [9.17, 15) is 4.39 Å². The smallest absolute Gasteiger partial charge is 0.138 e. The van der Waals surface area contributed by atoms with E-state index in [-0.39, 0.29) is 18.5 Å². The fourth-order valence-corrected chi connectivity index (χ4v) is 5.30. The molecule has 0 radical (unpaired) electrons. The van der Waals surface area contributed by atoms with Gasteiger partial charge in [-0.15, -0.1) is 6.58 Å². The summed E-state index contributed by atoms with van der Waals surface area (Å²) in [5.74, 6) is 3.51. The van der Waals surface area contributed by atoms with Gasteiger partial charge in [0.05, 0.1) is 16.6 Å². The zero-order valence-corrected chi connectivity index (χ0v) is 24.1. The first-order valence-electron chi connectivity index (χ1n) is 13.1. The van der Waals surface area contributed by atoms with Gasteiger partial charge in [0.1, 0.15) is 41.8 Å². The minimum atomic E-state index is -0.298. The van der Waals surface area contributed by atoms with Gasteiger partial charge in [0.2, 0.25) is 0 Å². The molecule has 0 amide bonds. The quantitative estimate of drug-likeness (QED) is 0.135. The van der Waals surface area contributed by atoms with Crippen molar-refractivity contribution >= 4 is 40.1 Å². The van der Waals surface area contributed by atoms with Crippen LogP contribution in [-0.2, 0) is 13.2 Å². The van der Waals surface area contributed by atoms with Gasteiger partial charge >= 0.3 is 0 Å². The first-order chi connectivity index (χ1) is 20.0. The molecular formula is C32H30ClFN4O2S. The molecule has 0 saturated heterocycles. The molecule has 6 nitrogen and oxygen atoms in total. The summed E-state index contributed by atoms with van der Waals surface area (Å²) in [5, 5.41) is 8.23.